The van der Waals surface area contributed by atoms with E-state index in [1.807, 2.05) is 30.3 Å². The van der Waals surface area contributed by atoms with Crippen molar-refractivity contribution in [1.29, 1.82) is 0 Å². The van der Waals surface area contributed by atoms with Crippen LogP contribution in [0, 0.1) is 11.8 Å². The zero-order valence-corrected chi connectivity index (χ0v) is 10.5. The number of hydrogen-bond donors (Lipinski definition) is 1. The van der Waals surface area contributed by atoms with Crippen LogP contribution in [0.15, 0.2) is 30.3 Å². The third-order valence-corrected chi connectivity index (χ3v) is 4.13. The monoisotopic (exact) mass is 235 g/mol. The highest BCUT2D eigenvalue weighted by Crippen LogP contribution is 2.43. The summed E-state index contributed by atoms with van der Waals surface area (Å²) >= 11 is 0. The van der Waals surface area contributed by atoms with Gasteiger partial charge in [0.05, 0.1) is 0 Å². The molecule has 17 heavy (non-hydrogen) atoms. The van der Waals surface area contributed by atoms with Crippen LogP contribution in [0.2, 0.25) is 0 Å². The average molecular weight is 235 g/mol. The van der Waals surface area contributed by atoms with E-state index in [0.29, 0.717) is 5.92 Å². The molecule has 0 spiro atoms. The van der Waals surface area contributed by atoms with Crippen molar-refractivity contribution >= 4 is 0 Å². The molecule has 1 aromatic carbocycles. The highest BCUT2D eigenvalue weighted by atomic mass is 19.1. The summed E-state index contributed by atoms with van der Waals surface area (Å²) in [6.45, 7) is 2.31. The molecule has 0 bridgehead atoms. The van der Waals surface area contributed by atoms with Crippen molar-refractivity contribution in [2.24, 2.45) is 17.6 Å². The van der Waals surface area contributed by atoms with Gasteiger partial charge in [0.2, 0.25) is 0 Å². The Kier molecular flexibility index (Phi) is 3.82. The van der Waals surface area contributed by atoms with Gasteiger partial charge in [-0.25, -0.2) is 4.39 Å². The topological polar surface area (TPSA) is 26.0 Å². The van der Waals surface area contributed by atoms with Crippen molar-refractivity contribution in [2.45, 2.75) is 38.3 Å². The summed E-state index contributed by atoms with van der Waals surface area (Å²) in [5.74, 6) is 0.706. The van der Waals surface area contributed by atoms with Crippen molar-refractivity contribution in [2.75, 3.05) is 6.54 Å². The first-order valence-electron chi connectivity index (χ1n) is 6.61. The summed E-state index contributed by atoms with van der Waals surface area (Å²) in [4.78, 5) is 0. The van der Waals surface area contributed by atoms with Crippen molar-refractivity contribution in [3.63, 3.8) is 0 Å². The lowest BCUT2D eigenvalue weighted by Crippen LogP contribution is -2.40. The third kappa shape index (κ3) is 2.52. The van der Waals surface area contributed by atoms with Gasteiger partial charge in [0.15, 0.2) is 5.67 Å². The average Bonchev–Trinajstić information content (AvgIpc) is 2.39. The molecule has 1 aliphatic carbocycles. The molecule has 1 aliphatic rings. The lowest BCUT2D eigenvalue weighted by Gasteiger charge is -2.38. The van der Waals surface area contributed by atoms with Gasteiger partial charge in [-0.1, -0.05) is 50.1 Å². The lowest BCUT2D eigenvalue weighted by molar-refractivity contribution is 0.0478. The molecule has 0 aliphatic heterocycles. The minimum absolute atomic E-state index is 0.0821. The first-order valence-corrected chi connectivity index (χ1v) is 6.61. The summed E-state index contributed by atoms with van der Waals surface area (Å²) < 4.78 is 15.2. The Morgan fingerprint density at radius 1 is 1.29 bits per heavy atom. The standard InChI is InChI=1S/C15H22FN/c1-12-6-5-9-14(10-12)15(16,11-17)13-7-3-2-4-8-13/h2-4,7-8,12,14H,5-6,9-11,17H2,1H3. The van der Waals surface area contributed by atoms with E-state index in [0.717, 1.165) is 24.8 Å². The van der Waals surface area contributed by atoms with Gasteiger partial charge in [0.25, 0.3) is 0 Å². The highest BCUT2D eigenvalue weighted by molar-refractivity contribution is 5.24. The quantitative estimate of drug-likeness (QED) is 0.850. The van der Waals surface area contributed by atoms with Gasteiger partial charge in [-0.2, -0.15) is 0 Å². The van der Waals surface area contributed by atoms with E-state index in [-0.39, 0.29) is 12.5 Å². The number of alkyl halides is 1. The van der Waals surface area contributed by atoms with Crippen molar-refractivity contribution in [3.8, 4) is 0 Å². The SMILES string of the molecule is CC1CCCC(C(F)(CN)c2ccccc2)C1. The Morgan fingerprint density at radius 2 is 2.00 bits per heavy atom. The lowest BCUT2D eigenvalue weighted by atomic mass is 9.71. The molecular formula is C15H22FN. The zero-order valence-electron chi connectivity index (χ0n) is 10.5. The Morgan fingerprint density at radius 3 is 2.59 bits per heavy atom. The fourth-order valence-corrected chi connectivity index (χ4v) is 3.09. The van der Waals surface area contributed by atoms with E-state index in [9.17, 15) is 0 Å². The molecule has 0 amide bonds. The summed E-state index contributed by atoms with van der Waals surface area (Å²) in [7, 11) is 0. The van der Waals surface area contributed by atoms with Crippen LogP contribution in [0.25, 0.3) is 0 Å². The van der Waals surface area contributed by atoms with Crippen molar-refractivity contribution < 1.29 is 4.39 Å². The number of hydrogen-bond acceptors (Lipinski definition) is 1. The normalized spacial score (nSPS) is 28.6. The van der Waals surface area contributed by atoms with E-state index in [1.165, 1.54) is 6.42 Å². The molecule has 0 heterocycles. The molecule has 3 unspecified atom stereocenters. The minimum atomic E-state index is -1.34. The molecule has 1 aromatic rings. The zero-order chi connectivity index (χ0) is 12.3. The first kappa shape index (κ1) is 12.6. The number of benzene rings is 1. The van der Waals surface area contributed by atoms with Gasteiger partial charge in [-0.05, 0) is 30.2 Å². The van der Waals surface area contributed by atoms with Crippen LogP contribution in [0.1, 0.15) is 38.2 Å². The van der Waals surface area contributed by atoms with Crippen LogP contribution < -0.4 is 5.73 Å². The summed E-state index contributed by atoms with van der Waals surface area (Å²) in [6.07, 6.45) is 4.28. The van der Waals surface area contributed by atoms with Crippen LogP contribution in [-0.2, 0) is 5.67 Å². The summed E-state index contributed by atoms with van der Waals surface area (Å²) in [6, 6.07) is 9.44. The number of rotatable bonds is 3. The maximum Gasteiger partial charge on any atom is 0.150 e. The molecule has 2 heteroatoms. The van der Waals surface area contributed by atoms with Crippen LogP contribution in [0.4, 0.5) is 4.39 Å². The van der Waals surface area contributed by atoms with Gasteiger partial charge >= 0.3 is 0 Å². The molecule has 0 radical (unpaired) electrons. The summed E-state index contributed by atoms with van der Waals surface area (Å²) in [5, 5.41) is 0. The van der Waals surface area contributed by atoms with Crippen molar-refractivity contribution in [3.05, 3.63) is 35.9 Å². The largest absolute Gasteiger partial charge is 0.327 e. The Labute approximate surface area is 103 Å². The van der Waals surface area contributed by atoms with Gasteiger partial charge in [-0.15, -0.1) is 0 Å². The summed E-state index contributed by atoms with van der Waals surface area (Å²) in [5.41, 5.74) is 5.15. The van der Waals surface area contributed by atoms with Gasteiger partial charge in [0, 0.05) is 6.54 Å². The van der Waals surface area contributed by atoms with Crippen LogP contribution >= 0.6 is 0 Å². The van der Waals surface area contributed by atoms with E-state index in [2.05, 4.69) is 6.92 Å². The second kappa shape index (κ2) is 5.18. The third-order valence-electron chi connectivity index (χ3n) is 4.13. The van der Waals surface area contributed by atoms with Gasteiger partial charge in [-0.3, -0.25) is 0 Å². The van der Waals surface area contributed by atoms with Crippen LogP contribution in [0.3, 0.4) is 0 Å². The fraction of sp³-hybridized carbons (Fsp3) is 0.600. The molecule has 2 N–H and O–H groups in total. The number of halogens is 1. The Hall–Kier alpha value is -0.890. The van der Waals surface area contributed by atoms with E-state index >= 15 is 4.39 Å². The Balaban J connectivity index is 2.24. The molecule has 1 nitrogen and oxygen atoms in total. The molecule has 1 fully saturated rings. The van der Waals surface area contributed by atoms with E-state index in [1.54, 1.807) is 0 Å². The second-order valence-corrected chi connectivity index (χ2v) is 5.40. The predicted octanol–water partition coefficient (Wildman–Crippen LogP) is 3.64. The van der Waals surface area contributed by atoms with Gasteiger partial charge < -0.3 is 5.73 Å². The maximum atomic E-state index is 15.2. The Bertz CT molecular complexity index is 351. The predicted molar refractivity (Wildman–Crippen MR) is 69.4 cm³/mol. The van der Waals surface area contributed by atoms with E-state index in [4.69, 9.17) is 5.73 Å². The smallest absolute Gasteiger partial charge is 0.150 e. The molecule has 94 valence electrons. The molecule has 0 saturated heterocycles. The van der Waals surface area contributed by atoms with Crippen molar-refractivity contribution in [1.82, 2.24) is 0 Å². The first-order chi connectivity index (χ1) is 8.16. The molecule has 2 rings (SSSR count). The molecule has 1 saturated carbocycles. The van der Waals surface area contributed by atoms with Crippen LogP contribution in [-0.4, -0.2) is 6.54 Å². The molecule has 0 aromatic heterocycles. The molecular weight excluding hydrogens is 213 g/mol. The molecule has 3 atom stereocenters. The van der Waals surface area contributed by atoms with E-state index < -0.39 is 5.67 Å². The van der Waals surface area contributed by atoms with Gasteiger partial charge in [0.1, 0.15) is 0 Å². The highest BCUT2D eigenvalue weighted by Gasteiger charge is 2.41. The minimum Gasteiger partial charge on any atom is -0.327 e. The van der Waals surface area contributed by atoms with Crippen LogP contribution in [0.5, 0.6) is 0 Å². The fourth-order valence-electron chi connectivity index (χ4n) is 3.09. The number of nitrogens with two attached hydrogens (primary N) is 1. The maximum absolute atomic E-state index is 15.2. The second-order valence-electron chi connectivity index (χ2n) is 5.40.